The summed E-state index contributed by atoms with van der Waals surface area (Å²) < 4.78 is 1.26. The van der Waals surface area contributed by atoms with Crippen LogP contribution in [-0.4, -0.2) is 3.21 Å². The van der Waals surface area contributed by atoms with Gasteiger partial charge in [0.2, 0.25) is 0 Å². The molecular weight excluding hydrogens is 798 g/mol. The van der Waals surface area contributed by atoms with Crippen LogP contribution in [0.2, 0.25) is 10.0 Å². The molecule has 0 bridgehead atoms. The van der Waals surface area contributed by atoms with E-state index in [9.17, 15) is 0 Å². The SMILES string of the molecule is CC(C)(C)c1c[c-]c2c(c1)-c1cc(C(C)(C)C)ccc1C2.CCCCC1[C-]=CC(C(C)(C)C)=C1.Clc1cccc([C](=[Zr+2])c2cccc(Cl)c2)c1.[Cl-].[Cl-]. The fraction of sp³-hybridized carbons (Fsp3) is 0.383. The molecule has 52 heavy (non-hydrogen) atoms. The van der Waals surface area contributed by atoms with Crippen molar-refractivity contribution < 1.29 is 49.0 Å². The van der Waals surface area contributed by atoms with Crippen molar-refractivity contribution in [1.82, 2.24) is 0 Å². The standard InChI is InChI=1S/C21H25.C13H8Cl2.C13H21.2ClH.Zr/c1-20(2,3)16-9-7-14-11-15-8-10-17(21(4,5)6)13-19(15)18(14)12-16;14-12-5-1-3-10(8-12)7-11-4-2-6-13(15)9-11;1-5-6-7-11-8-9-12(10-11)13(2,3)4;;;/h7,9-10,12-13H,11H2,1-6H3;1-6,8-9H;9-11H,5-7H2,1-4H3;2*1H;/q-1;;-1;;;+2/p-2. The van der Waals surface area contributed by atoms with E-state index in [2.05, 4.69) is 136 Å². The summed E-state index contributed by atoms with van der Waals surface area (Å²) in [6.07, 6.45) is 12.9. The molecule has 0 aliphatic heterocycles. The van der Waals surface area contributed by atoms with Gasteiger partial charge in [0.05, 0.1) is 0 Å². The molecule has 2 aliphatic carbocycles. The Bertz CT molecular complexity index is 1750. The van der Waals surface area contributed by atoms with Crippen LogP contribution in [0.5, 0.6) is 0 Å². The molecule has 0 heterocycles. The molecule has 0 N–H and O–H groups in total. The number of hydrogen-bond acceptors (Lipinski definition) is 0. The van der Waals surface area contributed by atoms with E-state index in [0.717, 1.165) is 27.6 Å². The Morgan fingerprint density at radius 1 is 0.731 bits per heavy atom. The maximum absolute atomic E-state index is 5.98. The molecule has 2 aliphatic rings. The van der Waals surface area contributed by atoms with E-state index >= 15 is 0 Å². The summed E-state index contributed by atoms with van der Waals surface area (Å²) in [4.78, 5) is 0. The molecule has 0 amide bonds. The second-order valence-corrected chi connectivity index (χ2v) is 18.8. The number of fused-ring (bicyclic) bond motifs is 3. The molecule has 0 nitrogen and oxygen atoms in total. The van der Waals surface area contributed by atoms with Gasteiger partial charge in [-0.05, 0) is 17.4 Å². The Morgan fingerprint density at radius 3 is 1.77 bits per heavy atom. The fourth-order valence-electron chi connectivity index (χ4n) is 6.01. The predicted molar refractivity (Wildman–Crippen MR) is 215 cm³/mol. The Hall–Kier alpha value is -1.73. The van der Waals surface area contributed by atoms with Gasteiger partial charge in [-0.1, -0.05) is 135 Å². The smallest absolute Gasteiger partial charge is 1.00 e. The summed E-state index contributed by atoms with van der Waals surface area (Å²) in [5, 5.41) is 1.53. The van der Waals surface area contributed by atoms with E-state index in [0.29, 0.717) is 11.3 Å². The second-order valence-electron chi connectivity index (χ2n) is 16.7. The van der Waals surface area contributed by atoms with Crippen molar-refractivity contribution in [2.45, 2.75) is 106 Å². The molecule has 1 unspecified atom stereocenters. The van der Waals surface area contributed by atoms with Crippen LogP contribution >= 0.6 is 23.2 Å². The monoisotopic (exact) mass is 848 g/mol. The summed E-state index contributed by atoms with van der Waals surface area (Å²) in [6, 6.07) is 30.8. The summed E-state index contributed by atoms with van der Waals surface area (Å²) in [5.41, 5.74) is 12.8. The first-order valence-electron chi connectivity index (χ1n) is 18.0. The van der Waals surface area contributed by atoms with Crippen LogP contribution in [0, 0.1) is 23.5 Å². The molecule has 5 heteroatoms. The fourth-order valence-corrected chi connectivity index (χ4v) is 7.15. The maximum atomic E-state index is 5.98. The third kappa shape index (κ3) is 12.9. The zero-order valence-corrected chi connectivity index (χ0v) is 38.1. The van der Waals surface area contributed by atoms with Crippen molar-refractivity contribution in [3.05, 3.63) is 152 Å². The number of halogens is 4. The van der Waals surface area contributed by atoms with Gasteiger partial charge in [0.25, 0.3) is 0 Å². The molecule has 6 rings (SSSR count). The van der Waals surface area contributed by atoms with E-state index in [1.165, 1.54) is 85.7 Å². The Kier molecular flexibility index (Phi) is 17.6. The van der Waals surface area contributed by atoms with E-state index in [1.807, 2.05) is 36.4 Å². The predicted octanol–water partition coefficient (Wildman–Crippen LogP) is 7.91. The zero-order valence-electron chi connectivity index (χ0n) is 32.6. The van der Waals surface area contributed by atoms with Gasteiger partial charge < -0.3 is 24.8 Å². The Labute approximate surface area is 353 Å². The Morgan fingerprint density at radius 2 is 1.29 bits per heavy atom. The van der Waals surface area contributed by atoms with Crippen LogP contribution in [0.15, 0.2) is 96.6 Å². The minimum absolute atomic E-state index is 0. The van der Waals surface area contributed by atoms with Crippen LogP contribution in [-0.2, 0) is 41.5 Å². The summed E-state index contributed by atoms with van der Waals surface area (Å²) in [7, 11) is 0. The first-order valence-corrected chi connectivity index (χ1v) is 20.0. The molecule has 0 radical (unpaired) electrons. The van der Waals surface area contributed by atoms with Gasteiger partial charge in [-0.3, -0.25) is 6.08 Å². The minimum atomic E-state index is 0. The summed E-state index contributed by atoms with van der Waals surface area (Å²) >= 11 is 13.3. The average molecular weight is 852 g/mol. The molecule has 276 valence electrons. The van der Waals surface area contributed by atoms with Crippen LogP contribution < -0.4 is 24.8 Å². The van der Waals surface area contributed by atoms with Crippen molar-refractivity contribution >= 4 is 26.4 Å². The van der Waals surface area contributed by atoms with Gasteiger partial charge in [0.15, 0.2) is 0 Å². The molecule has 0 aromatic heterocycles. The molecule has 0 saturated carbocycles. The van der Waals surface area contributed by atoms with Gasteiger partial charge in [0, 0.05) is 0 Å². The van der Waals surface area contributed by atoms with Gasteiger partial charge in [-0.25, -0.2) is 6.08 Å². The molecule has 0 saturated heterocycles. The summed E-state index contributed by atoms with van der Waals surface area (Å²) in [6.45, 7) is 22.7. The minimum Gasteiger partial charge on any atom is -1.00 e. The van der Waals surface area contributed by atoms with Crippen LogP contribution in [0.3, 0.4) is 0 Å². The van der Waals surface area contributed by atoms with Gasteiger partial charge in [-0.15, -0.1) is 5.56 Å². The van der Waals surface area contributed by atoms with Crippen LogP contribution in [0.25, 0.3) is 11.1 Å². The van der Waals surface area contributed by atoms with E-state index < -0.39 is 0 Å². The quantitative estimate of drug-likeness (QED) is 0.158. The van der Waals surface area contributed by atoms with E-state index in [4.69, 9.17) is 23.2 Å². The second kappa shape index (κ2) is 19.7. The van der Waals surface area contributed by atoms with Crippen molar-refractivity contribution in [1.29, 1.82) is 0 Å². The molecular formula is C47H54Cl4Zr-2. The van der Waals surface area contributed by atoms with Gasteiger partial charge >= 0.3 is 120 Å². The van der Waals surface area contributed by atoms with Gasteiger partial charge in [-0.2, -0.15) is 41.0 Å². The largest absolute Gasteiger partial charge is 1.00 e. The third-order valence-corrected chi connectivity index (χ3v) is 11.2. The molecule has 4 aromatic carbocycles. The zero-order chi connectivity index (χ0) is 36.9. The van der Waals surface area contributed by atoms with E-state index in [-0.39, 0.29) is 35.6 Å². The molecule has 4 aromatic rings. The van der Waals surface area contributed by atoms with Crippen LogP contribution in [0.1, 0.15) is 122 Å². The average Bonchev–Trinajstić information content (AvgIpc) is 3.68. The molecule has 0 spiro atoms. The number of unbranched alkanes of at least 4 members (excludes halogenated alkanes) is 1. The number of benzene rings is 4. The molecule has 1 atom stereocenters. The first-order chi connectivity index (χ1) is 23.4. The Balaban J connectivity index is 0.000000273. The van der Waals surface area contributed by atoms with Crippen molar-refractivity contribution in [2.75, 3.05) is 0 Å². The summed E-state index contributed by atoms with van der Waals surface area (Å²) in [5.74, 6) is 0.592. The van der Waals surface area contributed by atoms with Crippen LogP contribution in [0.4, 0.5) is 0 Å². The number of hydrogen-bond donors (Lipinski definition) is 0. The number of rotatable bonds is 5. The van der Waals surface area contributed by atoms with Crippen molar-refractivity contribution in [3.8, 4) is 11.1 Å². The molecule has 0 fully saturated rings. The van der Waals surface area contributed by atoms with E-state index in [1.54, 1.807) is 0 Å². The van der Waals surface area contributed by atoms with Crippen molar-refractivity contribution in [3.63, 3.8) is 0 Å². The third-order valence-electron chi connectivity index (χ3n) is 9.32. The first kappa shape index (κ1) is 46.4. The topological polar surface area (TPSA) is 0 Å². The normalized spacial score (nSPS) is 14.3. The van der Waals surface area contributed by atoms with Crippen molar-refractivity contribution in [2.24, 2.45) is 11.3 Å². The van der Waals surface area contributed by atoms with Gasteiger partial charge in [0.1, 0.15) is 0 Å². The maximum Gasteiger partial charge on any atom is -1.00 e. The number of allylic oxidation sites excluding steroid dienone is 4.